The third-order valence-electron chi connectivity index (χ3n) is 4.19. The number of hydrogen-bond donors (Lipinski definition) is 1. The molecule has 0 saturated carbocycles. The third-order valence-corrected chi connectivity index (χ3v) is 4.19. The van der Waals surface area contributed by atoms with E-state index in [0.29, 0.717) is 6.04 Å². The van der Waals surface area contributed by atoms with Crippen molar-refractivity contribution >= 4 is 5.82 Å². The smallest absolute Gasteiger partial charge is 0.129 e. The van der Waals surface area contributed by atoms with Gasteiger partial charge in [-0.3, -0.25) is 0 Å². The van der Waals surface area contributed by atoms with E-state index in [1.54, 1.807) is 0 Å². The summed E-state index contributed by atoms with van der Waals surface area (Å²) in [6, 6.07) is 5.04. The van der Waals surface area contributed by atoms with Crippen LogP contribution in [0.4, 0.5) is 5.82 Å². The monoisotopic (exact) mass is 289 g/mol. The first-order chi connectivity index (χ1) is 9.97. The van der Waals surface area contributed by atoms with Gasteiger partial charge in [-0.15, -0.1) is 0 Å². The quantitative estimate of drug-likeness (QED) is 0.897. The molecule has 1 aromatic heterocycles. The Hall–Kier alpha value is -1.09. The summed E-state index contributed by atoms with van der Waals surface area (Å²) in [5, 5.41) is 3.51. The van der Waals surface area contributed by atoms with Crippen molar-refractivity contribution < 1.29 is 0 Å². The summed E-state index contributed by atoms with van der Waals surface area (Å²) in [7, 11) is 0. The fourth-order valence-corrected chi connectivity index (χ4v) is 3.25. The molecule has 2 rings (SSSR count). The zero-order chi connectivity index (χ0) is 15.4. The average Bonchev–Trinajstić information content (AvgIpc) is 2.43. The molecule has 0 radical (unpaired) electrons. The van der Waals surface area contributed by atoms with Gasteiger partial charge in [-0.2, -0.15) is 0 Å². The molecule has 1 aromatic rings. The number of nitrogens with zero attached hydrogens (tertiary/aromatic N) is 2. The summed E-state index contributed by atoms with van der Waals surface area (Å²) in [5.74, 6) is 2.70. The van der Waals surface area contributed by atoms with Crippen LogP contribution < -0.4 is 10.2 Å². The Morgan fingerprint density at radius 1 is 1.24 bits per heavy atom. The molecule has 0 aromatic carbocycles. The highest BCUT2D eigenvalue weighted by molar-refractivity contribution is 5.43. The van der Waals surface area contributed by atoms with Gasteiger partial charge in [0.1, 0.15) is 5.82 Å². The molecule has 1 saturated heterocycles. The Kier molecular flexibility index (Phi) is 5.63. The second-order valence-electron chi connectivity index (χ2n) is 7.07. The van der Waals surface area contributed by atoms with Crippen molar-refractivity contribution in [2.45, 2.75) is 60.0 Å². The van der Waals surface area contributed by atoms with E-state index in [1.165, 1.54) is 23.5 Å². The number of anilines is 1. The molecule has 3 heteroatoms. The van der Waals surface area contributed by atoms with Crippen molar-refractivity contribution in [3.63, 3.8) is 0 Å². The zero-order valence-electron chi connectivity index (χ0n) is 14.3. The maximum absolute atomic E-state index is 4.87. The summed E-state index contributed by atoms with van der Waals surface area (Å²) in [5.41, 5.74) is 2.57. The lowest BCUT2D eigenvalue weighted by Gasteiger charge is -2.36. The van der Waals surface area contributed by atoms with Crippen molar-refractivity contribution in [3.05, 3.63) is 23.4 Å². The zero-order valence-corrected chi connectivity index (χ0v) is 14.3. The number of aromatic nitrogens is 1. The maximum atomic E-state index is 4.87. The Labute approximate surface area is 130 Å². The number of aryl methyl sites for hydroxylation is 1. The van der Waals surface area contributed by atoms with Crippen molar-refractivity contribution in [2.24, 2.45) is 11.8 Å². The molecule has 118 valence electrons. The molecule has 21 heavy (non-hydrogen) atoms. The second kappa shape index (κ2) is 7.26. The SMILES string of the molecule is CCc1cc(CNC(C)C)cc(N2CC(C)CC(C)C2)n1. The normalized spacial score (nSPS) is 22.9. The highest BCUT2D eigenvalue weighted by atomic mass is 15.2. The van der Waals surface area contributed by atoms with Gasteiger partial charge in [-0.05, 0) is 42.4 Å². The van der Waals surface area contributed by atoms with E-state index in [1.807, 2.05) is 0 Å². The molecule has 1 aliphatic heterocycles. The molecule has 2 heterocycles. The van der Waals surface area contributed by atoms with E-state index in [2.05, 4.69) is 57.0 Å². The van der Waals surface area contributed by atoms with Crippen LogP contribution in [-0.4, -0.2) is 24.1 Å². The van der Waals surface area contributed by atoms with Crippen LogP contribution in [0.5, 0.6) is 0 Å². The number of nitrogens with one attached hydrogen (secondary N) is 1. The van der Waals surface area contributed by atoms with Crippen LogP contribution in [0.25, 0.3) is 0 Å². The van der Waals surface area contributed by atoms with Gasteiger partial charge >= 0.3 is 0 Å². The lowest BCUT2D eigenvalue weighted by molar-refractivity contribution is 0.355. The van der Waals surface area contributed by atoms with Gasteiger partial charge in [0.25, 0.3) is 0 Å². The summed E-state index contributed by atoms with van der Waals surface area (Å²) >= 11 is 0. The van der Waals surface area contributed by atoms with Gasteiger partial charge in [-0.25, -0.2) is 4.98 Å². The number of rotatable bonds is 5. The molecule has 0 bridgehead atoms. The predicted molar refractivity (Wildman–Crippen MR) is 90.7 cm³/mol. The van der Waals surface area contributed by atoms with Crippen LogP contribution in [0.15, 0.2) is 12.1 Å². The molecule has 3 nitrogen and oxygen atoms in total. The lowest BCUT2D eigenvalue weighted by atomic mass is 9.92. The van der Waals surface area contributed by atoms with E-state index in [0.717, 1.165) is 37.9 Å². The first-order valence-corrected chi connectivity index (χ1v) is 8.46. The minimum absolute atomic E-state index is 0.515. The van der Waals surface area contributed by atoms with E-state index in [9.17, 15) is 0 Å². The van der Waals surface area contributed by atoms with Crippen LogP contribution in [-0.2, 0) is 13.0 Å². The first kappa shape index (κ1) is 16.3. The largest absolute Gasteiger partial charge is 0.356 e. The summed E-state index contributed by atoms with van der Waals surface area (Å²) < 4.78 is 0. The van der Waals surface area contributed by atoms with Gasteiger partial charge in [0.2, 0.25) is 0 Å². The standard InChI is InChI=1S/C18H31N3/c1-6-17-8-16(10-19-13(2)3)9-18(20-17)21-11-14(4)7-15(5)12-21/h8-9,13-15,19H,6-7,10-12H2,1-5H3. The van der Waals surface area contributed by atoms with Crippen molar-refractivity contribution in [1.82, 2.24) is 10.3 Å². The van der Waals surface area contributed by atoms with Crippen LogP contribution in [0.3, 0.4) is 0 Å². The van der Waals surface area contributed by atoms with Gasteiger partial charge in [0, 0.05) is 31.4 Å². The minimum Gasteiger partial charge on any atom is -0.356 e. The highest BCUT2D eigenvalue weighted by Gasteiger charge is 2.23. The topological polar surface area (TPSA) is 28.2 Å². The first-order valence-electron chi connectivity index (χ1n) is 8.46. The molecular weight excluding hydrogens is 258 g/mol. The van der Waals surface area contributed by atoms with E-state index in [4.69, 9.17) is 4.98 Å². The van der Waals surface area contributed by atoms with Crippen LogP contribution in [0.2, 0.25) is 0 Å². The minimum atomic E-state index is 0.515. The van der Waals surface area contributed by atoms with E-state index >= 15 is 0 Å². The molecular formula is C18H31N3. The molecule has 1 aliphatic rings. The summed E-state index contributed by atoms with van der Waals surface area (Å²) in [6.07, 6.45) is 2.34. The summed E-state index contributed by atoms with van der Waals surface area (Å²) in [6.45, 7) is 14.5. The molecule has 2 atom stereocenters. The van der Waals surface area contributed by atoms with Gasteiger partial charge in [0.05, 0.1) is 0 Å². The molecule has 2 unspecified atom stereocenters. The van der Waals surface area contributed by atoms with Crippen LogP contribution in [0.1, 0.15) is 52.3 Å². The van der Waals surface area contributed by atoms with E-state index in [-0.39, 0.29) is 0 Å². The van der Waals surface area contributed by atoms with Crippen molar-refractivity contribution in [1.29, 1.82) is 0 Å². The molecule has 0 amide bonds. The van der Waals surface area contributed by atoms with Crippen molar-refractivity contribution in [3.8, 4) is 0 Å². The second-order valence-corrected chi connectivity index (χ2v) is 7.07. The molecule has 1 N–H and O–H groups in total. The van der Waals surface area contributed by atoms with Crippen molar-refractivity contribution in [2.75, 3.05) is 18.0 Å². The molecule has 1 fully saturated rings. The molecule has 0 spiro atoms. The third kappa shape index (κ3) is 4.70. The molecule has 0 aliphatic carbocycles. The van der Waals surface area contributed by atoms with Gasteiger partial charge in [0.15, 0.2) is 0 Å². The Morgan fingerprint density at radius 3 is 2.48 bits per heavy atom. The number of hydrogen-bond acceptors (Lipinski definition) is 3. The van der Waals surface area contributed by atoms with Gasteiger partial charge < -0.3 is 10.2 Å². The fraction of sp³-hybridized carbons (Fsp3) is 0.722. The Bertz CT molecular complexity index is 446. The van der Waals surface area contributed by atoms with Crippen LogP contribution >= 0.6 is 0 Å². The number of piperidine rings is 1. The lowest BCUT2D eigenvalue weighted by Crippen LogP contribution is -2.39. The predicted octanol–water partition coefficient (Wildman–Crippen LogP) is 3.62. The highest BCUT2D eigenvalue weighted by Crippen LogP contribution is 2.26. The Morgan fingerprint density at radius 2 is 1.90 bits per heavy atom. The number of pyridine rings is 1. The summed E-state index contributed by atoms with van der Waals surface area (Å²) in [4.78, 5) is 7.35. The fourth-order valence-electron chi connectivity index (χ4n) is 3.25. The van der Waals surface area contributed by atoms with E-state index < -0.39 is 0 Å². The Balaban J connectivity index is 2.19. The average molecular weight is 289 g/mol. The maximum Gasteiger partial charge on any atom is 0.129 e. The van der Waals surface area contributed by atoms with Crippen LogP contribution in [0, 0.1) is 11.8 Å². The van der Waals surface area contributed by atoms with Gasteiger partial charge in [-0.1, -0.05) is 34.6 Å².